The maximum atomic E-state index is 13.5. The first kappa shape index (κ1) is 21.5. The number of aromatic nitrogens is 3. The monoisotopic (exact) mass is 453 g/mol. The highest BCUT2D eigenvalue weighted by atomic mass is 35.5. The first-order chi connectivity index (χ1) is 15.4. The van der Waals surface area contributed by atoms with E-state index in [2.05, 4.69) is 20.4 Å². The molecule has 1 N–H and O–H groups in total. The van der Waals surface area contributed by atoms with Crippen LogP contribution in [0.2, 0.25) is 5.02 Å². The Hall–Kier alpha value is -3.72. The fourth-order valence-electron chi connectivity index (χ4n) is 3.67. The van der Waals surface area contributed by atoms with Crippen LogP contribution in [0.1, 0.15) is 29.1 Å². The van der Waals surface area contributed by atoms with E-state index in [1.165, 1.54) is 18.9 Å². The number of hydrogen-bond acceptors (Lipinski definition) is 7. The van der Waals surface area contributed by atoms with Crippen LogP contribution in [0.15, 0.2) is 53.5 Å². The molecular weight excluding hydrogens is 434 g/mol. The maximum absolute atomic E-state index is 13.5. The molecule has 2 aromatic carbocycles. The Balaban J connectivity index is 1.80. The number of halogens is 1. The predicted octanol–water partition coefficient (Wildman–Crippen LogP) is 3.68. The van der Waals surface area contributed by atoms with Crippen LogP contribution in [-0.4, -0.2) is 46.6 Å². The molecule has 0 aliphatic carbocycles. The Bertz CT molecular complexity index is 1220. The van der Waals surface area contributed by atoms with Gasteiger partial charge in [0.25, 0.3) is 5.82 Å². The third kappa shape index (κ3) is 3.94. The van der Waals surface area contributed by atoms with Gasteiger partial charge in [-0.1, -0.05) is 35.9 Å². The third-order valence-corrected chi connectivity index (χ3v) is 5.36. The molecule has 2 heterocycles. The second-order valence-electron chi connectivity index (χ2n) is 7.09. The maximum Gasteiger partial charge on any atom is 0.378 e. The van der Waals surface area contributed by atoms with E-state index in [4.69, 9.17) is 21.1 Å². The van der Waals surface area contributed by atoms with Gasteiger partial charge in [0, 0.05) is 10.7 Å². The van der Waals surface area contributed by atoms with E-state index in [-0.39, 0.29) is 17.7 Å². The fraction of sp³-hybridized carbons (Fsp3) is 0.227. The van der Waals surface area contributed by atoms with Gasteiger partial charge in [0.15, 0.2) is 0 Å². The Morgan fingerprint density at radius 1 is 1.12 bits per heavy atom. The zero-order chi connectivity index (χ0) is 22.8. The third-order valence-electron chi connectivity index (χ3n) is 5.12. The summed E-state index contributed by atoms with van der Waals surface area (Å²) in [6.07, 6.45) is 0. The quantitative estimate of drug-likeness (QED) is 0.590. The number of nitrogens with zero attached hydrogens (tertiary/aromatic N) is 4. The topological polar surface area (TPSA) is 108 Å². The number of ether oxygens (including phenoxy) is 2. The zero-order valence-corrected chi connectivity index (χ0v) is 18.3. The van der Waals surface area contributed by atoms with Crippen LogP contribution in [0.5, 0.6) is 5.75 Å². The molecule has 2 unspecified atom stereocenters. The lowest BCUT2D eigenvalue weighted by Crippen LogP contribution is -2.39. The molecule has 1 aromatic heterocycles. The summed E-state index contributed by atoms with van der Waals surface area (Å²) in [7, 11) is 2.78. The molecule has 0 saturated heterocycles. The van der Waals surface area contributed by atoms with Crippen molar-refractivity contribution in [2.24, 2.45) is 10.9 Å². The lowest BCUT2D eigenvalue weighted by atomic mass is 9.87. The second kappa shape index (κ2) is 8.80. The van der Waals surface area contributed by atoms with Gasteiger partial charge in [-0.15, -0.1) is 5.10 Å². The molecule has 1 aliphatic heterocycles. The van der Waals surface area contributed by atoms with Crippen LogP contribution >= 0.6 is 11.6 Å². The summed E-state index contributed by atoms with van der Waals surface area (Å²) in [5, 5.41) is 7.71. The summed E-state index contributed by atoms with van der Waals surface area (Å²) in [5.74, 6) is -1.18. The van der Waals surface area contributed by atoms with Crippen molar-refractivity contribution in [1.29, 1.82) is 0 Å². The van der Waals surface area contributed by atoms with Crippen LogP contribution in [0.25, 0.3) is 0 Å². The van der Waals surface area contributed by atoms with Crippen LogP contribution in [-0.2, 0) is 9.53 Å². The molecule has 1 aliphatic rings. The van der Waals surface area contributed by atoms with Gasteiger partial charge >= 0.3 is 5.97 Å². The number of methoxy groups -OCH3 is 2. The smallest absolute Gasteiger partial charge is 0.378 e. The summed E-state index contributed by atoms with van der Waals surface area (Å²) < 4.78 is 11.5. The van der Waals surface area contributed by atoms with Crippen molar-refractivity contribution in [2.75, 3.05) is 19.5 Å². The normalized spacial score (nSPS) is 17.2. The van der Waals surface area contributed by atoms with Crippen molar-refractivity contribution in [2.45, 2.75) is 13.0 Å². The molecule has 0 radical (unpaired) electrons. The number of carbonyl (C=O) groups is 2. The van der Waals surface area contributed by atoms with Crippen LogP contribution in [0.3, 0.4) is 0 Å². The molecule has 164 valence electrons. The minimum Gasteiger partial charge on any atom is -0.495 e. The molecule has 9 nitrogen and oxygen atoms in total. The number of benzene rings is 2. The number of carbonyl (C=O) groups excluding carboxylic acids is 2. The van der Waals surface area contributed by atoms with Crippen LogP contribution in [0.4, 0.5) is 11.6 Å². The van der Waals surface area contributed by atoms with Crippen molar-refractivity contribution < 1.29 is 19.1 Å². The molecule has 0 bridgehead atoms. The minimum absolute atomic E-state index is 0.142. The van der Waals surface area contributed by atoms with Crippen molar-refractivity contribution in [3.63, 3.8) is 0 Å². The minimum atomic E-state index is -0.752. The molecule has 3 aromatic rings. The number of nitrogens with one attached hydrogen (secondary N) is 1. The summed E-state index contributed by atoms with van der Waals surface area (Å²) in [5.41, 5.74) is 1.76. The second-order valence-corrected chi connectivity index (χ2v) is 7.53. The van der Waals surface area contributed by atoms with Crippen molar-refractivity contribution in [3.8, 4) is 5.75 Å². The molecular formula is C22H20ClN5O4. The number of hydrogen-bond donors (Lipinski definition) is 1. The number of anilines is 1. The van der Waals surface area contributed by atoms with E-state index < -0.39 is 17.9 Å². The van der Waals surface area contributed by atoms with E-state index in [9.17, 15) is 9.59 Å². The van der Waals surface area contributed by atoms with Crippen LogP contribution < -0.4 is 10.1 Å². The van der Waals surface area contributed by atoms with E-state index in [0.29, 0.717) is 22.2 Å². The largest absolute Gasteiger partial charge is 0.495 e. The molecule has 2 atom stereocenters. The summed E-state index contributed by atoms with van der Waals surface area (Å²) in [4.78, 5) is 34.1. The Labute approximate surface area is 189 Å². The van der Waals surface area contributed by atoms with E-state index in [0.717, 1.165) is 5.56 Å². The average Bonchev–Trinajstić information content (AvgIpc) is 3.21. The molecule has 0 fully saturated rings. The Morgan fingerprint density at radius 3 is 2.62 bits per heavy atom. The van der Waals surface area contributed by atoms with E-state index >= 15 is 0 Å². The first-order valence-corrected chi connectivity index (χ1v) is 10.1. The number of para-hydroxylation sites is 2. The van der Waals surface area contributed by atoms with E-state index in [1.807, 2.05) is 12.1 Å². The Morgan fingerprint density at radius 2 is 1.91 bits per heavy atom. The predicted molar refractivity (Wildman–Crippen MR) is 119 cm³/mol. The number of aliphatic imine (C=N–C) groups is 1. The molecule has 0 spiro atoms. The highest BCUT2D eigenvalue weighted by Crippen LogP contribution is 2.37. The van der Waals surface area contributed by atoms with Crippen molar-refractivity contribution in [3.05, 3.63) is 64.9 Å². The van der Waals surface area contributed by atoms with Crippen molar-refractivity contribution >= 4 is 40.8 Å². The van der Waals surface area contributed by atoms with Gasteiger partial charge in [0.2, 0.25) is 11.9 Å². The van der Waals surface area contributed by atoms with Gasteiger partial charge < -0.3 is 14.8 Å². The van der Waals surface area contributed by atoms with Gasteiger partial charge in [-0.2, -0.15) is 4.98 Å². The van der Waals surface area contributed by atoms with E-state index in [1.54, 1.807) is 43.3 Å². The zero-order valence-electron chi connectivity index (χ0n) is 17.6. The molecule has 1 amide bonds. The van der Waals surface area contributed by atoms with Gasteiger partial charge in [0.05, 0.1) is 25.9 Å². The number of amides is 1. The van der Waals surface area contributed by atoms with Gasteiger partial charge in [-0.05, 0) is 36.8 Å². The fourth-order valence-corrected chi connectivity index (χ4v) is 3.87. The number of rotatable bonds is 5. The molecule has 32 heavy (non-hydrogen) atoms. The highest BCUT2D eigenvalue weighted by Gasteiger charge is 2.40. The average molecular weight is 454 g/mol. The van der Waals surface area contributed by atoms with Gasteiger partial charge in [-0.3, -0.25) is 4.79 Å². The SMILES string of the molecule is COC(=O)c1nc2n(n1)C(c1cccc(Cl)c1)C(C(=O)Nc1ccccc1OC)C(C)=N2. The van der Waals surface area contributed by atoms with Crippen molar-refractivity contribution in [1.82, 2.24) is 14.8 Å². The number of fused-ring (bicyclic) bond motifs is 1. The number of esters is 1. The highest BCUT2D eigenvalue weighted by molar-refractivity contribution is 6.30. The van der Waals surface area contributed by atoms with Crippen LogP contribution in [0, 0.1) is 5.92 Å². The first-order valence-electron chi connectivity index (χ1n) is 9.72. The molecule has 0 saturated carbocycles. The van der Waals surface area contributed by atoms with Gasteiger partial charge in [-0.25, -0.2) is 14.5 Å². The Kier molecular flexibility index (Phi) is 5.91. The molecule has 4 rings (SSSR count). The van der Waals surface area contributed by atoms with Gasteiger partial charge in [0.1, 0.15) is 11.7 Å². The summed E-state index contributed by atoms with van der Waals surface area (Å²) >= 11 is 6.24. The lowest BCUT2D eigenvalue weighted by Gasteiger charge is -2.30. The lowest BCUT2D eigenvalue weighted by molar-refractivity contribution is -0.118. The standard InChI is InChI=1S/C22H20ClN5O4/c1-12-17(20(29)25-15-9-4-5-10-16(15)31-2)18(13-7-6-8-14(23)11-13)28-22(24-12)26-19(27-28)21(30)32-3/h4-11,17-18H,1-3H3,(H,25,29). The molecule has 10 heteroatoms. The summed E-state index contributed by atoms with van der Waals surface area (Å²) in [6.45, 7) is 1.74. The summed E-state index contributed by atoms with van der Waals surface area (Å²) in [6, 6.07) is 13.6.